The van der Waals surface area contributed by atoms with Crippen molar-refractivity contribution >= 4 is 0 Å². The third-order valence-electron chi connectivity index (χ3n) is 4.01. The Labute approximate surface area is 152 Å². The molecule has 138 valence electrons. The van der Waals surface area contributed by atoms with Crippen LogP contribution >= 0.6 is 0 Å². The first-order valence-corrected chi connectivity index (χ1v) is 10.2. The lowest BCUT2D eigenvalue weighted by molar-refractivity contribution is 0.361. The molecule has 0 radical (unpaired) electrons. The molecule has 0 saturated carbocycles. The summed E-state index contributed by atoms with van der Waals surface area (Å²) in [6, 6.07) is 0. The topological polar surface area (TPSA) is 0 Å². The molecule has 0 aromatic heterocycles. The Bertz CT molecular complexity index is 360. The minimum absolute atomic E-state index is 0.491. The van der Waals surface area contributed by atoms with E-state index in [1.165, 1.54) is 51.4 Å². The highest BCUT2D eigenvalue weighted by Crippen LogP contribution is 2.21. The summed E-state index contributed by atoms with van der Waals surface area (Å²) in [5, 5.41) is 0. The van der Waals surface area contributed by atoms with Crippen LogP contribution in [0, 0.1) is 5.41 Å². The third-order valence-corrected chi connectivity index (χ3v) is 4.01. The largest absolute Gasteiger partial charge is 0.0882 e. The van der Waals surface area contributed by atoms with Gasteiger partial charge in [-0.25, -0.2) is 0 Å². The normalized spacial score (nSPS) is 13.3. The van der Waals surface area contributed by atoms with E-state index in [0.717, 1.165) is 19.3 Å². The van der Waals surface area contributed by atoms with E-state index in [0.29, 0.717) is 5.41 Å². The molecule has 0 aromatic rings. The summed E-state index contributed by atoms with van der Waals surface area (Å²) in [4.78, 5) is 0. The van der Waals surface area contributed by atoms with Gasteiger partial charge in [-0.2, -0.15) is 0 Å². The molecule has 0 aliphatic rings. The quantitative estimate of drug-likeness (QED) is 0.221. The van der Waals surface area contributed by atoms with Crippen molar-refractivity contribution in [1.82, 2.24) is 0 Å². The number of hydrogen-bond acceptors (Lipinski definition) is 0. The van der Waals surface area contributed by atoms with Gasteiger partial charge in [0.15, 0.2) is 0 Å². The molecule has 0 spiro atoms. The molecule has 0 heteroatoms. The maximum Gasteiger partial charge on any atom is -0.0169 e. The Balaban J connectivity index is 3.42. The van der Waals surface area contributed by atoms with E-state index in [1.807, 2.05) is 0 Å². The maximum absolute atomic E-state index is 2.34. The van der Waals surface area contributed by atoms with Gasteiger partial charge in [0.2, 0.25) is 0 Å². The van der Waals surface area contributed by atoms with E-state index in [2.05, 4.69) is 76.3 Å². The van der Waals surface area contributed by atoms with Crippen LogP contribution in [0.25, 0.3) is 0 Å². The van der Waals surface area contributed by atoms with Crippen LogP contribution in [0.2, 0.25) is 0 Å². The smallest absolute Gasteiger partial charge is 0.0169 e. The molecule has 0 saturated heterocycles. The van der Waals surface area contributed by atoms with E-state index in [9.17, 15) is 0 Å². The summed E-state index contributed by atoms with van der Waals surface area (Å²) in [5.41, 5.74) is 0.491. The Morgan fingerprint density at radius 2 is 0.958 bits per heavy atom. The van der Waals surface area contributed by atoms with E-state index in [4.69, 9.17) is 0 Å². The van der Waals surface area contributed by atoms with Gasteiger partial charge in [0.25, 0.3) is 0 Å². The summed E-state index contributed by atoms with van der Waals surface area (Å²) < 4.78 is 0. The minimum Gasteiger partial charge on any atom is -0.0882 e. The van der Waals surface area contributed by atoms with Crippen LogP contribution in [-0.2, 0) is 0 Å². The van der Waals surface area contributed by atoms with Gasteiger partial charge in [-0.1, -0.05) is 95.6 Å². The number of rotatable bonds is 14. The predicted molar refractivity (Wildman–Crippen MR) is 112 cm³/mol. The van der Waals surface area contributed by atoms with Crippen molar-refractivity contribution < 1.29 is 0 Å². The molecule has 0 amide bonds. The summed E-state index contributed by atoms with van der Waals surface area (Å²) in [6.07, 6.45) is 32.0. The summed E-state index contributed by atoms with van der Waals surface area (Å²) in [5.74, 6) is 0. The molecule has 0 N–H and O–H groups in total. The Hall–Kier alpha value is -1.04. The van der Waals surface area contributed by atoms with Crippen molar-refractivity contribution in [3.05, 3.63) is 48.6 Å². The predicted octanol–water partition coefficient (Wildman–Crippen LogP) is 8.57. The zero-order chi connectivity index (χ0) is 17.9. The lowest BCUT2D eigenvalue weighted by Gasteiger charge is -2.16. The van der Waals surface area contributed by atoms with Crippen LogP contribution in [0.3, 0.4) is 0 Å². The van der Waals surface area contributed by atoms with Crippen molar-refractivity contribution in [1.29, 1.82) is 0 Å². The lowest BCUT2D eigenvalue weighted by Crippen LogP contribution is -2.03. The molecular formula is C24H42. The second-order valence-corrected chi connectivity index (χ2v) is 7.89. The average molecular weight is 331 g/mol. The van der Waals surface area contributed by atoms with Gasteiger partial charge in [0.05, 0.1) is 0 Å². The van der Waals surface area contributed by atoms with E-state index in [-0.39, 0.29) is 0 Å². The Morgan fingerprint density at radius 1 is 0.542 bits per heavy atom. The summed E-state index contributed by atoms with van der Waals surface area (Å²) >= 11 is 0. The molecular weight excluding hydrogens is 288 g/mol. The van der Waals surface area contributed by atoms with Crippen molar-refractivity contribution in [3.63, 3.8) is 0 Å². The number of allylic oxidation sites excluding steroid dienone is 8. The highest BCUT2D eigenvalue weighted by atomic mass is 14.1. The van der Waals surface area contributed by atoms with Gasteiger partial charge < -0.3 is 0 Å². The molecule has 0 aromatic carbocycles. The zero-order valence-corrected chi connectivity index (χ0v) is 16.9. The van der Waals surface area contributed by atoms with Crippen LogP contribution in [0.4, 0.5) is 0 Å². The van der Waals surface area contributed by atoms with Crippen LogP contribution in [0.5, 0.6) is 0 Å². The first-order valence-electron chi connectivity index (χ1n) is 10.2. The van der Waals surface area contributed by atoms with E-state index < -0.39 is 0 Å². The molecule has 0 nitrogen and oxygen atoms in total. The number of unbranched alkanes of at least 4 members (excludes halogenated alkanes) is 5. The first kappa shape index (κ1) is 23.0. The molecule has 0 atom stereocenters. The van der Waals surface area contributed by atoms with Gasteiger partial charge in [-0.3, -0.25) is 0 Å². The zero-order valence-electron chi connectivity index (χ0n) is 16.9. The molecule has 0 unspecified atom stereocenters. The average Bonchev–Trinajstić information content (AvgIpc) is 2.52. The van der Waals surface area contributed by atoms with Gasteiger partial charge >= 0.3 is 0 Å². The van der Waals surface area contributed by atoms with Crippen molar-refractivity contribution in [2.75, 3.05) is 0 Å². The second kappa shape index (κ2) is 16.8. The van der Waals surface area contributed by atoms with Gasteiger partial charge in [-0.05, 0) is 56.8 Å². The molecule has 0 heterocycles. The summed E-state index contributed by atoms with van der Waals surface area (Å²) in [6.45, 7) is 9.23. The van der Waals surface area contributed by atoms with Gasteiger partial charge in [0, 0.05) is 0 Å². The number of hydrogen-bond donors (Lipinski definition) is 0. The van der Waals surface area contributed by atoms with Crippen LogP contribution < -0.4 is 0 Å². The molecule has 0 fully saturated rings. The summed E-state index contributed by atoms with van der Waals surface area (Å²) in [7, 11) is 0. The van der Waals surface area contributed by atoms with Crippen molar-refractivity contribution in [2.45, 2.75) is 98.3 Å². The Morgan fingerprint density at radius 3 is 1.38 bits per heavy atom. The monoisotopic (exact) mass is 330 g/mol. The molecule has 0 aliphatic heterocycles. The fourth-order valence-electron chi connectivity index (χ4n) is 2.48. The SMILES string of the molecule is CCCCC/C=C\C/C=C\C/C=C\C/C=C\CCCCC(C)(C)C. The van der Waals surface area contributed by atoms with Crippen molar-refractivity contribution in [3.8, 4) is 0 Å². The molecule has 0 bridgehead atoms. The van der Waals surface area contributed by atoms with Crippen LogP contribution in [-0.4, -0.2) is 0 Å². The fraction of sp³-hybridized carbons (Fsp3) is 0.667. The van der Waals surface area contributed by atoms with Gasteiger partial charge in [-0.15, -0.1) is 0 Å². The highest BCUT2D eigenvalue weighted by molar-refractivity contribution is 4.99. The maximum atomic E-state index is 2.34. The minimum atomic E-state index is 0.491. The highest BCUT2D eigenvalue weighted by Gasteiger charge is 2.08. The Kier molecular flexibility index (Phi) is 16.1. The van der Waals surface area contributed by atoms with E-state index in [1.54, 1.807) is 0 Å². The van der Waals surface area contributed by atoms with Crippen LogP contribution in [0.1, 0.15) is 98.3 Å². The lowest BCUT2D eigenvalue weighted by atomic mass is 9.89. The second-order valence-electron chi connectivity index (χ2n) is 7.89. The fourth-order valence-corrected chi connectivity index (χ4v) is 2.48. The van der Waals surface area contributed by atoms with Crippen LogP contribution in [0.15, 0.2) is 48.6 Å². The third kappa shape index (κ3) is 21.0. The molecule has 24 heavy (non-hydrogen) atoms. The molecule has 0 aliphatic carbocycles. The standard InChI is InChI=1S/C24H42/c1-5-6-7-8-9-10-11-12-13-14-15-16-17-18-19-20-21-22-23-24(2,3)4/h9-10,12-13,15-16,18-19H,5-8,11,14,17,20-23H2,1-4H3/b10-9-,13-12-,16-15-,19-18-. The van der Waals surface area contributed by atoms with Crippen molar-refractivity contribution in [2.24, 2.45) is 5.41 Å². The molecule has 0 rings (SSSR count). The first-order chi connectivity index (χ1) is 11.6. The van der Waals surface area contributed by atoms with Gasteiger partial charge in [0.1, 0.15) is 0 Å². The van der Waals surface area contributed by atoms with E-state index >= 15 is 0 Å².